The summed E-state index contributed by atoms with van der Waals surface area (Å²) in [5.41, 5.74) is 5.11. The molecule has 26 heavy (non-hydrogen) atoms. The third kappa shape index (κ3) is 4.63. The van der Waals surface area contributed by atoms with E-state index in [1.165, 1.54) is 26.6 Å². The molecular formula is C17H18N4O5. The van der Waals surface area contributed by atoms with Crippen LogP contribution in [0, 0.1) is 0 Å². The highest BCUT2D eigenvalue weighted by Crippen LogP contribution is 2.28. The zero-order chi connectivity index (χ0) is 18.9. The number of nitrogens with one attached hydrogen (secondary N) is 2. The maximum atomic E-state index is 11.6. The molecule has 0 aromatic heterocycles. The lowest BCUT2D eigenvalue weighted by molar-refractivity contribution is 0.242. The number of aromatic hydroxyl groups is 2. The molecule has 136 valence electrons. The lowest BCUT2D eigenvalue weighted by Gasteiger charge is -2.05. The Morgan fingerprint density at radius 3 is 1.69 bits per heavy atom. The second-order valence-electron chi connectivity index (χ2n) is 4.87. The van der Waals surface area contributed by atoms with E-state index in [1.54, 1.807) is 36.4 Å². The first kappa shape index (κ1) is 18.6. The topological polar surface area (TPSA) is 125 Å². The van der Waals surface area contributed by atoms with E-state index in [9.17, 15) is 15.0 Å². The molecule has 0 saturated carbocycles. The van der Waals surface area contributed by atoms with E-state index in [1.807, 2.05) is 0 Å². The second kappa shape index (κ2) is 8.92. The number of phenols is 2. The first-order valence-electron chi connectivity index (χ1n) is 7.41. The van der Waals surface area contributed by atoms with Gasteiger partial charge in [0.25, 0.3) is 0 Å². The van der Waals surface area contributed by atoms with Crippen molar-refractivity contribution in [3.8, 4) is 23.0 Å². The van der Waals surface area contributed by atoms with Gasteiger partial charge < -0.3 is 19.7 Å². The number of ether oxygens (including phenoxy) is 2. The summed E-state index contributed by atoms with van der Waals surface area (Å²) in [6.45, 7) is 0. The van der Waals surface area contributed by atoms with Crippen LogP contribution in [0.1, 0.15) is 11.1 Å². The van der Waals surface area contributed by atoms with Crippen LogP contribution in [0.2, 0.25) is 0 Å². The van der Waals surface area contributed by atoms with Crippen molar-refractivity contribution in [1.82, 2.24) is 10.9 Å². The third-order valence-electron chi connectivity index (χ3n) is 3.24. The van der Waals surface area contributed by atoms with Crippen LogP contribution in [0.25, 0.3) is 0 Å². The van der Waals surface area contributed by atoms with Gasteiger partial charge in [-0.05, 0) is 24.3 Å². The molecule has 0 spiro atoms. The SMILES string of the molecule is COc1cccc(/C=N\NC(=O)N/N=C/c2cccc(OC)c2O)c1O. The number of amides is 2. The number of nitrogens with zero attached hydrogens (tertiary/aromatic N) is 2. The van der Waals surface area contributed by atoms with E-state index in [4.69, 9.17) is 9.47 Å². The molecule has 4 N–H and O–H groups in total. The lowest BCUT2D eigenvalue weighted by atomic mass is 10.2. The van der Waals surface area contributed by atoms with Crippen molar-refractivity contribution < 1.29 is 24.5 Å². The molecule has 9 nitrogen and oxygen atoms in total. The molecule has 0 saturated heterocycles. The third-order valence-corrected chi connectivity index (χ3v) is 3.24. The number of benzene rings is 2. The predicted molar refractivity (Wildman–Crippen MR) is 96.2 cm³/mol. The fourth-order valence-corrected chi connectivity index (χ4v) is 1.96. The second-order valence-corrected chi connectivity index (χ2v) is 4.87. The van der Waals surface area contributed by atoms with Crippen molar-refractivity contribution in [2.24, 2.45) is 10.2 Å². The molecular weight excluding hydrogens is 340 g/mol. The quantitative estimate of drug-likeness (QED) is 0.463. The molecule has 0 radical (unpaired) electrons. The van der Waals surface area contributed by atoms with E-state index in [0.717, 1.165) is 0 Å². The number of para-hydroxylation sites is 2. The van der Waals surface area contributed by atoms with Gasteiger partial charge in [0.15, 0.2) is 23.0 Å². The molecule has 0 aliphatic rings. The molecule has 0 heterocycles. The molecule has 0 aliphatic heterocycles. The Bertz CT molecular complexity index is 768. The molecule has 2 rings (SSSR count). The summed E-state index contributed by atoms with van der Waals surface area (Å²) >= 11 is 0. The van der Waals surface area contributed by atoms with Crippen molar-refractivity contribution in [2.75, 3.05) is 14.2 Å². The van der Waals surface area contributed by atoms with Crippen LogP contribution in [-0.4, -0.2) is 42.9 Å². The minimum atomic E-state index is -0.706. The Balaban J connectivity index is 1.92. The Morgan fingerprint density at radius 1 is 0.885 bits per heavy atom. The first-order chi connectivity index (χ1) is 12.6. The highest BCUT2D eigenvalue weighted by atomic mass is 16.5. The summed E-state index contributed by atoms with van der Waals surface area (Å²) in [4.78, 5) is 11.6. The van der Waals surface area contributed by atoms with Crippen LogP contribution in [0.3, 0.4) is 0 Å². The Kier molecular flexibility index (Phi) is 6.38. The van der Waals surface area contributed by atoms with Gasteiger partial charge in [0, 0.05) is 11.1 Å². The summed E-state index contributed by atoms with van der Waals surface area (Å²) in [5, 5.41) is 27.2. The number of methoxy groups -OCH3 is 2. The highest BCUT2D eigenvalue weighted by Gasteiger charge is 2.06. The highest BCUT2D eigenvalue weighted by molar-refractivity contribution is 5.87. The maximum absolute atomic E-state index is 11.6. The number of urea groups is 1. The molecule has 0 bridgehead atoms. The van der Waals surface area contributed by atoms with E-state index in [-0.39, 0.29) is 11.5 Å². The van der Waals surface area contributed by atoms with Crippen LogP contribution in [0.5, 0.6) is 23.0 Å². The molecule has 9 heteroatoms. The molecule has 2 amide bonds. The number of carbonyl (C=O) groups excluding carboxylic acids is 1. The van der Waals surface area contributed by atoms with Gasteiger partial charge in [-0.3, -0.25) is 0 Å². The number of hydrogen-bond acceptors (Lipinski definition) is 7. The summed E-state index contributed by atoms with van der Waals surface area (Å²) in [6.07, 6.45) is 2.52. The van der Waals surface area contributed by atoms with Crippen LogP contribution in [-0.2, 0) is 0 Å². The van der Waals surface area contributed by atoms with Gasteiger partial charge in [0.05, 0.1) is 26.6 Å². The van der Waals surface area contributed by atoms with Crippen molar-refractivity contribution in [1.29, 1.82) is 0 Å². The van der Waals surface area contributed by atoms with Gasteiger partial charge in [-0.25, -0.2) is 15.6 Å². The average Bonchev–Trinajstić information content (AvgIpc) is 2.64. The zero-order valence-electron chi connectivity index (χ0n) is 14.1. The lowest BCUT2D eigenvalue weighted by Crippen LogP contribution is -2.28. The van der Waals surface area contributed by atoms with Gasteiger partial charge in [0.1, 0.15) is 0 Å². The number of hydrazone groups is 2. The van der Waals surface area contributed by atoms with Crippen LogP contribution >= 0.6 is 0 Å². The number of rotatable bonds is 6. The van der Waals surface area contributed by atoms with Crippen molar-refractivity contribution >= 4 is 18.5 Å². The predicted octanol–water partition coefficient (Wildman–Crippen LogP) is 1.78. The van der Waals surface area contributed by atoms with Crippen LogP contribution in [0.15, 0.2) is 46.6 Å². The molecule has 0 unspecified atom stereocenters. The van der Waals surface area contributed by atoms with Crippen molar-refractivity contribution in [3.63, 3.8) is 0 Å². The fraction of sp³-hybridized carbons (Fsp3) is 0.118. The molecule has 2 aromatic rings. The number of carbonyl (C=O) groups is 1. The normalized spacial score (nSPS) is 10.8. The Morgan fingerprint density at radius 2 is 1.31 bits per heavy atom. The Labute approximate surface area is 149 Å². The van der Waals surface area contributed by atoms with Gasteiger partial charge >= 0.3 is 6.03 Å². The maximum Gasteiger partial charge on any atom is 0.355 e. The minimum absolute atomic E-state index is 0.0903. The molecule has 0 atom stereocenters. The average molecular weight is 358 g/mol. The minimum Gasteiger partial charge on any atom is -0.504 e. The smallest absolute Gasteiger partial charge is 0.355 e. The van der Waals surface area contributed by atoms with Crippen LogP contribution in [0.4, 0.5) is 4.79 Å². The zero-order valence-corrected chi connectivity index (χ0v) is 14.1. The monoisotopic (exact) mass is 358 g/mol. The summed E-state index contributed by atoms with van der Waals surface area (Å²) in [7, 11) is 2.86. The number of hydrogen-bond donors (Lipinski definition) is 4. The molecule has 2 aromatic carbocycles. The van der Waals surface area contributed by atoms with Gasteiger partial charge in [-0.1, -0.05) is 12.1 Å². The number of phenolic OH excluding ortho intramolecular Hbond substituents is 2. The van der Waals surface area contributed by atoms with Crippen LogP contribution < -0.4 is 20.3 Å². The largest absolute Gasteiger partial charge is 0.504 e. The van der Waals surface area contributed by atoms with Gasteiger partial charge in [-0.15, -0.1) is 0 Å². The summed E-state index contributed by atoms with van der Waals surface area (Å²) < 4.78 is 9.95. The Hall–Kier alpha value is -3.75. The fourth-order valence-electron chi connectivity index (χ4n) is 1.96. The molecule has 0 fully saturated rings. The van der Waals surface area contributed by atoms with E-state index in [0.29, 0.717) is 22.6 Å². The summed E-state index contributed by atoms with van der Waals surface area (Å²) in [5.74, 6) is 0.405. The first-order valence-corrected chi connectivity index (χ1v) is 7.41. The van der Waals surface area contributed by atoms with Gasteiger partial charge in [-0.2, -0.15) is 10.2 Å². The van der Waals surface area contributed by atoms with Crippen molar-refractivity contribution in [3.05, 3.63) is 47.5 Å². The summed E-state index contributed by atoms with van der Waals surface area (Å²) in [6, 6.07) is 9.03. The van der Waals surface area contributed by atoms with E-state index >= 15 is 0 Å². The van der Waals surface area contributed by atoms with E-state index < -0.39 is 6.03 Å². The van der Waals surface area contributed by atoms with Gasteiger partial charge in [0.2, 0.25) is 0 Å². The standard InChI is InChI=1S/C17H18N4O5/c1-25-13-7-3-5-11(15(13)22)9-18-20-17(24)21-19-10-12-6-4-8-14(26-2)16(12)23/h3-10,22-23H,1-2H3,(H2,20,21,24)/b18-9-,19-10+. The van der Waals surface area contributed by atoms with Crippen molar-refractivity contribution in [2.45, 2.75) is 0 Å². The van der Waals surface area contributed by atoms with E-state index in [2.05, 4.69) is 21.1 Å². The molecule has 0 aliphatic carbocycles.